The van der Waals surface area contributed by atoms with Crippen molar-refractivity contribution in [1.29, 1.82) is 0 Å². The molecule has 1 aromatic heterocycles. The molecule has 0 bridgehead atoms. The molecule has 4 N–H and O–H groups in total. The molecule has 19 heavy (non-hydrogen) atoms. The Balaban J connectivity index is 2.36. The zero-order chi connectivity index (χ0) is 14.0. The molecular weight excluding hydrogens is 282 g/mol. The molecule has 2 heterocycles. The lowest BCUT2D eigenvalue weighted by molar-refractivity contribution is 0.0968. The van der Waals surface area contributed by atoms with E-state index in [2.05, 4.69) is 10.2 Å². The quantitative estimate of drug-likeness (QED) is 0.735. The number of β-amino-alcohol motifs (C(OH)–C–C–N with tert-alkyl or cyclic N) is 1. The van der Waals surface area contributed by atoms with Gasteiger partial charge < -0.3 is 21.1 Å². The molecule has 1 saturated heterocycles. The number of carbonyl (C=O) groups excluding carboxylic acids is 1. The van der Waals surface area contributed by atoms with Gasteiger partial charge in [0.25, 0.3) is 5.91 Å². The average Bonchev–Trinajstić information content (AvgIpc) is 2.75. The molecule has 1 aromatic rings. The van der Waals surface area contributed by atoms with Crippen molar-refractivity contribution in [1.82, 2.24) is 5.32 Å². The van der Waals surface area contributed by atoms with Crippen molar-refractivity contribution in [2.24, 2.45) is 0 Å². The molecular formula is C12H19N3O2S2. The minimum atomic E-state index is -0.296. The van der Waals surface area contributed by atoms with Gasteiger partial charge in [0.15, 0.2) is 0 Å². The Morgan fingerprint density at radius 2 is 2.37 bits per heavy atom. The van der Waals surface area contributed by atoms with E-state index in [0.717, 1.165) is 29.3 Å². The van der Waals surface area contributed by atoms with Gasteiger partial charge in [0.1, 0.15) is 9.88 Å². The van der Waals surface area contributed by atoms with Gasteiger partial charge in [0.05, 0.1) is 16.7 Å². The third kappa shape index (κ3) is 2.82. The number of hydrogen-bond donors (Lipinski definition) is 3. The first-order valence-electron chi connectivity index (χ1n) is 6.19. The second kappa shape index (κ2) is 6.02. The third-order valence-corrected chi connectivity index (χ3v) is 5.42. The molecule has 5 nitrogen and oxygen atoms in total. The predicted molar refractivity (Wildman–Crippen MR) is 81.4 cm³/mol. The largest absolute Gasteiger partial charge is 0.396 e. The maximum Gasteiger partial charge on any atom is 0.263 e. The summed E-state index contributed by atoms with van der Waals surface area (Å²) in [6.07, 6.45) is 3.46. The van der Waals surface area contributed by atoms with Crippen LogP contribution in [0.25, 0.3) is 0 Å². The standard InChI is InChI=1S/C12H19N3O2S2/c1-14-11(17)9-8(13)10(18-2)12(19-9)15-5-3-4-7(16)6-15/h7,16H,3-6,13H2,1-2H3,(H,14,17). The van der Waals surface area contributed by atoms with E-state index in [-0.39, 0.29) is 12.0 Å². The number of thiophene rings is 1. The van der Waals surface area contributed by atoms with E-state index in [9.17, 15) is 9.90 Å². The van der Waals surface area contributed by atoms with Gasteiger partial charge in [-0.2, -0.15) is 0 Å². The van der Waals surface area contributed by atoms with Crippen LogP contribution in [0, 0.1) is 0 Å². The Hall–Kier alpha value is -0.920. The average molecular weight is 301 g/mol. The first-order valence-corrected chi connectivity index (χ1v) is 8.24. The highest BCUT2D eigenvalue weighted by Gasteiger charge is 2.26. The number of nitrogens with zero attached hydrogens (tertiary/aromatic N) is 1. The lowest BCUT2D eigenvalue weighted by Crippen LogP contribution is -2.38. The van der Waals surface area contributed by atoms with Gasteiger partial charge in [-0.25, -0.2) is 0 Å². The highest BCUT2D eigenvalue weighted by atomic mass is 32.2. The smallest absolute Gasteiger partial charge is 0.263 e. The van der Waals surface area contributed by atoms with E-state index in [1.807, 2.05) is 6.26 Å². The van der Waals surface area contributed by atoms with Crippen LogP contribution in [0.5, 0.6) is 0 Å². The number of hydrogen-bond acceptors (Lipinski definition) is 6. The maximum absolute atomic E-state index is 11.8. The van der Waals surface area contributed by atoms with Crippen LogP contribution >= 0.6 is 23.1 Å². The number of nitrogen functional groups attached to an aromatic ring is 1. The summed E-state index contributed by atoms with van der Waals surface area (Å²) in [7, 11) is 1.60. The number of thioether (sulfide) groups is 1. The monoisotopic (exact) mass is 301 g/mol. The predicted octanol–water partition coefficient (Wildman–Crippen LogP) is 1.37. The highest BCUT2D eigenvalue weighted by Crippen LogP contribution is 2.44. The van der Waals surface area contributed by atoms with Crippen LogP contribution in [0.1, 0.15) is 22.5 Å². The highest BCUT2D eigenvalue weighted by molar-refractivity contribution is 7.99. The molecule has 0 aliphatic carbocycles. The molecule has 1 atom stereocenters. The number of nitrogens with one attached hydrogen (secondary N) is 1. The zero-order valence-corrected chi connectivity index (χ0v) is 12.7. The fourth-order valence-electron chi connectivity index (χ4n) is 2.24. The number of aliphatic hydroxyl groups excluding tert-OH is 1. The molecule has 0 spiro atoms. The summed E-state index contributed by atoms with van der Waals surface area (Å²) in [5, 5.41) is 13.4. The molecule has 1 fully saturated rings. The Kier molecular flexibility index (Phi) is 4.59. The summed E-state index contributed by atoms with van der Waals surface area (Å²) in [5.41, 5.74) is 6.62. The number of amides is 1. The lowest BCUT2D eigenvalue weighted by Gasteiger charge is -2.31. The zero-order valence-electron chi connectivity index (χ0n) is 11.1. The van der Waals surface area contributed by atoms with Crippen LogP contribution in [0.3, 0.4) is 0 Å². The lowest BCUT2D eigenvalue weighted by atomic mass is 10.1. The van der Waals surface area contributed by atoms with Crippen LogP contribution in [-0.4, -0.2) is 43.5 Å². The minimum absolute atomic E-state index is 0.151. The van der Waals surface area contributed by atoms with Crippen molar-refractivity contribution in [2.75, 3.05) is 37.0 Å². The van der Waals surface area contributed by atoms with Crippen molar-refractivity contribution in [3.63, 3.8) is 0 Å². The Morgan fingerprint density at radius 1 is 1.63 bits per heavy atom. The number of rotatable bonds is 3. The van der Waals surface area contributed by atoms with Crippen molar-refractivity contribution >= 4 is 39.7 Å². The second-order valence-electron chi connectivity index (χ2n) is 4.50. The van der Waals surface area contributed by atoms with Gasteiger partial charge in [-0.1, -0.05) is 0 Å². The van der Waals surface area contributed by atoms with Crippen LogP contribution in [-0.2, 0) is 0 Å². The van der Waals surface area contributed by atoms with E-state index in [4.69, 9.17) is 5.73 Å². The molecule has 1 amide bonds. The van der Waals surface area contributed by atoms with Crippen LogP contribution in [0.4, 0.5) is 10.7 Å². The molecule has 0 saturated carbocycles. The minimum Gasteiger partial charge on any atom is -0.396 e. The summed E-state index contributed by atoms with van der Waals surface area (Å²) in [5.74, 6) is -0.151. The van der Waals surface area contributed by atoms with E-state index in [1.165, 1.54) is 11.3 Å². The number of aliphatic hydroxyl groups is 1. The van der Waals surface area contributed by atoms with Crippen LogP contribution < -0.4 is 16.0 Å². The van der Waals surface area contributed by atoms with Gasteiger partial charge in [-0.15, -0.1) is 23.1 Å². The van der Waals surface area contributed by atoms with Crippen molar-refractivity contribution < 1.29 is 9.90 Å². The molecule has 1 aliphatic rings. The van der Waals surface area contributed by atoms with Gasteiger partial charge in [-0.3, -0.25) is 4.79 Å². The summed E-state index contributed by atoms with van der Waals surface area (Å²) >= 11 is 2.96. The van der Waals surface area contributed by atoms with Gasteiger partial charge >= 0.3 is 0 Å². The Morgan fingerprint density at radius 3 is 2.95 bits per heavy atom. The van der Waals surface area contributed by atoms with Gasteiger partial charge in [0, 0.05) is 20.1 Å². The number of piperidine rings is 1. The first-order chi connectivity index (χ1) is 9.08. The fourth-order valence-corrected chi connectivity index (χ4v) is 4.41. The first kappa shape index (κ1) is 14.5. The Labute approximate surface area is 121 Å². The molecule has 0 radical (unpaired) electrons. The van der Waals surface area contributed by atoms with E-state index in [0.29, 0.717) is 17.1 Å². The van der Waals surface area contributed by atoms with E-state index < -0.39 is 0 Å². The van der Waals surface area contributed by atoms with Crippen LogP contribution in [0.2, 0.25) is 0 Å². The second-order valence-corrected chi connectivity index (χ2v) is 6.32. The van der Waals surface area contributed by atoms with Crippen molar-refractivity contribution in [3.8, 4) is 0 Å². The fraction of sp³-hybridized carbons (Fsp3) is 0.583. The molecule has 1 unspecified atom stereocenters. The topological polar surface area (TPSA) is 78.6 Å². The summed E-state index contributed by atoms with van der Waals surface area (Å²) < 4.78 is 0. The SMILES string of the molecule is CNC(=O)c1sc(N2CCCC(O)C2)c(SC)c1N. The van der Waals surface area contributed by atoms with Gasteiger partial charge in [0.2, 0.25) is 0 Å². The molecule has 0 aromatic carbocycles. The molecule has 7 heteroatoms. The number of carbonyl (C=O) groups is 1. The normalized spacial score (nSPS) is 19.5. The Bertz CT molecular complexity index is 476. The van der Waals surface area contributed by atoms with Crippen LogP contribution in [0.15, 0.2) is 4.90 Å². The maximum atomic E-state index is 11.8. The molecule has 106 valence electrons. The number of anilines is 2. The van der Waals surface area contributed by atoms with Crippen molar-refractivity contribution in [2.45, 2.75) is 23.8 Å². The summed E-state index contributed by atoms with van der Waals surface area (Å²) in [4.78, 5) is 15.4. The molecule has 1 aliphatic heterocycles. The van der Waals surface area contributed by atoms with Gasteiger partial charge in [-0.05, 0) is 19.1 Å². The summed E-state index contributed by atoms with van der Waals surface area (Å²) in [6.45, 7) is 1.51. The number of nitrogens with two attached hydrogens (primary N) is 1. The van der Waals surface area contributed by atoms with E-state index >= 15 is 0 Å². The van der Waals surface area contributed by atoms with Crippen molar-refractivity contribution in [3.05, 3.63) is 4.88 Å². The van der Waals surface area contributed by atoms with E-state index in [1.54, 1.807) is 18.8 Å². The summed E-state index contributed by atoms with van der Waals surface area (Å²) in [6, 6.07) is 0. The molecule has 2 rings (SSSR count). The third-order valence-electron chi connectivity index (χ3n) is 3.20.